The zero-order chi connectivity index (χ0) is 15.3. The zero-order valence-electron chi connectivity index (χ0n) is 10.9. The Labute approximate surface area is 139 Å². The molecule has 0 amide bonds. The second kappa shape index (κ2) is 5.73. The summed E-state index contributed by atoms with van der Waals surface area (Å²) in [4.78, 5) is 12.6. The molecule has 0 aliphatic heterocycles. The van der Waals surface area contributed by atoms with E-state index in [0.717, 1.165) is 6.07 Å². The maximum Gasteiger partial charge on any atom is 1.00 e. The Morgan fingerprint density at radius 2 is 1.76 bits per heavy atom. The molecule has 5 nitrogen and oxygen atoms in total. The summed E-state index contributed by atoms with van der Waals surface area (Å²) < 4.78 is 71.6. The van der Waals surface area contributed by atoms with Crippen LogP contribution in [0.5, 0.6) is 0 Å². The van der Waals surface area contributed by atoms with Crippen LogP contribution in [0, 0.1) is 6.92 Å². The number of benzene rings is 1. The molecule has 0 fully saturated rings. The minimum absolute atomic E-state index is 0. The summed E-state index contributed by atoms with van der Waals surface area (Å²) in [6.07, 6.45) is -4.84. The summed E-state index contributed by atoms with van der Waals surface area (Å²) in [6.45, 7) is 1.25. The number of hydrogen-bond acceptors (Lipinski definition) is 4. The van der Waals surface area contributed by atoms with E-state index in [1.54, 1.807) is 0 Å². The second-order valence-corrected chi connectivity index (χ2v) is 5.51. The van der Waals surface area contributed by atoms with E-state index in [1.807, 2.05) is 0 Å². The standard InChI is InChI=1S/C11H8F3NO4S.Na/c1-5-2-8-6(3-9(5)20(17,18)19)7(11(12,13)14)4-10(16)15-8;/h2-4H,1H3,(H,15,16)(H,17,18,19);/q;+1/p-1. The first-order valence-corrected chi connectivity index (χ1v) is 6.62. The summed E-state index contributed by atoms with van der Waals surface area (Å²) in [5, 5.41) is -0.544. The normalized spacial score (nSPS) is 12.2. The number of H-pyrrole nitrogens is 1. The Morgan fingerprint density at radius 3 is 2.24 bits per heavy atom. The van der Waals surface area contributed by atoms with E-state index in [9.17, 15) is 30.9 Å². The molecular weight excluding hydrogens is 322 g/mol. The van der Waals surface area contributed by atoms with Crippen LogP contribution in [0.25, 0.3) is 10.9 Å². The minimum Gasteiger partial charge on any atom is -0.744 e. The third kappa shape index (κ3) is 3.67. The molecule has 2 aromatic rings. The molecule has 0 saturated heterocycles. The molecule has 1 heterocycles. The van der Waals surface area contributed by atoms with Crippen molar-refractivity contribution in [2.45, 2.75) is 18.0 Å². The molecule has 1 N–H and O–H groups in total. The molecule has 0 spiro atoms. The second-order valence-electron chi connectivity index (χ2n) is 4.16. The first kappa shape index (κ1) is 18.2. The average Bonchev–Trinajstić information content (AvgIpc) is 2.23. The number of pyridine rings is 1. The number of alkyl halides is 3. The number of hydrogen-bond donors (Lipinski definition) is 1. The van der Waals surface area contributed by atoms with Gasteiger partial charge in [0.2, 0.25) is 5.56 Å². The predicted molar refractivity (Wildman–Crippen MR) is 62.3 cm³/mol. The Hall–Kier alpha value is -0.870. The van der Waals surface area contributed by atoms with E-state index < -0.39 is 37.7 Å². The van der Waals surface area contributed by atoms with Gasteiger partial charge in [-0.25, -0.2) is 8.42 Å². The number of nitrogens with one attached hydrogen (secondary N) is 1. The molecule has 21 heavy (non-hydrogen) atoms. The fraction of sp³-hybridized carbons (Fsp3) is 0.182. The van der Waals surface area contributed by atoms with E-state index in [2.05, 4.69) is 4.98 Å². The average molecular weight is 329 g/mol. The van der Waals surface area contributed by atoms with E-state index in [-0.39, 0.29) is 40.6 Å². The molecule has 10 heteroatoms. The summed E-state index contributed by atoms with van der Waals surface area (Å²) in [5.41, 5.74) is -2.49. The number of aromatic nitrogens is 1. The van der Waals surface area contributed by atoms with Gasteiger partial charge in [-0.2, -0.15) is 13.2 Å². The molecular formula is C11H7F3NNaO4S. The Kier molecular flexibility index (Phi) is 4.96. The third-order valence-corrected chi connectivity index (χ3v) is 3.69. The topological polar surface area (TPSA) is 90.1 Å². The number of halogens is 3. The van der Waals surface area contributed by atoms with Crippen molar-refractivity contribution in [3.05, 3.63) is 39.7 Å². The minimum atomic E-state index is -4.91. The Balaban J connectivity index is 0.00000220. The van der Waals surface area contributed by atoms with E-state index >= 15 is 0 Å². The molecule has 2 rings (SSSR count). The summed E-state index contributed by atoms with van der Waals surface area (Å²) >= 11 is 0. The molecule has 0 atom stereocenters. The summed E-state index contributed by atoms with van der Waals surface area (Å²) in [7, 11) is -4.91. The molecule has 0 aliphatic carbocycles. The molecule has 1 aromatic carbocycles. The molecule has 0 bridgehead atoms. The van der Waals surface area contributed by atoms with Crippen molar-refractivity contribution in [1.82, 2.24) is 4.98 Å². The van der Waals surface area contributed by atoms with Crippen LogP contribution in [0.15, 0.2) is 27.9 Å². The van der Waals surface area contributed by atoms with Gasteiger partial charge in [0.25, 0.3) is 0 Å². The van der Waals surface area contributed by atoms with Crippen LogP contribution in [-0.4, -0.2) is 18.0 Å². The van der Waals surface area contributed by atoms with Gasteiger partial charge in [-0.1, -0.05) is 0 Å². The van der Waals surface area contributed by atoms with E-state index in [4.69, 9.17) is 0 Å². The van der Waals surface area contributed by atoms with Crippen molar-refractivity contribution in [1.29, 1.82) is 0 Å². The van der Waals surface area contributed by atoms with Crippen LogP contribution in [0.3, 0.4) is 0 Å². The van der Waals surface area contributed by atoms with Gasteiger partial charge in [-0.05, 0) is 24.6 Å². The monoisotopic (exact) mass is 329 g/mol. The SMILES string of the molecule is Cc1cc2[nH]c(=O)cc(C(F)(F)F)c2cc1S(=O)(=O)[O-].[Na+]. The smallest absolute Gasteiger partial charge is 0.744 e. The maximum absolute atomic E-state index is 12.8. The molecule has 0 aliphatic rings. The van der Waals surface area contributed by atoms with Crippen LogP contribution < -0.4 is 35.1 Å². The number of rotatable bonds is 1. The van der Waals surface area contributed by atoms with Gasteiger partial charge in [0.15, 0.2) is 0 Å². The van der Waals surface area contributed by atoms with Crippen LogP contribution >= 0.6 is 0 Å². The summed E-state index contributed by atoms with van der Waals surface area (Å²) in [5.74, 6) is 0. The van der Waals surface area contributed by atoms with Crippen LogP contribution in [0.4, 0.5) is 13.2 Å². The molecule has 0 radical (unpaired) electrons. The third-order valence-electron chi connectivity index (χ3n) is 2.71. The van der Waals surface area contributed by atoms with Crippen molar-refractivity contribution in [3.8, 4) is 0 Å². The number of aromatic amines is 1. The van der Waals surface area contributed by atoms with Crippen LogP contribution in [-0.2, 0) is 16.3 Å². The first-order chi connectivity index (χ1) is 9.00. The number of aryl methyl sites for hydroxylation is 1. The van der Waals surface area contributed by atoms with Crippen molar-refractivity contribution >= 4 is 21.0 Å². The molecule has 1 aromatic heterocycles. The van der Waals surface area contributed by atoms with Crippen molar-refractivity contribution in [2.75, 3.05) is 0 Å². The Morgan fingerprint density at radius 1 is 1.19 bits per heavy atom. The number of fused-ring (bicyclic) bond motifs is 1. The molecule has 0 saturated carbocycles. The fourth-order valence-corrected chi connectivity index (χ4v) is 2.61. The van der Waals surface area contributed by atoms with Gasteiger partial charge < -0.3 is 9.54 Å². The van der Waals surface area contributed by atoms with Crippen molar-refractivity contribution < 1.29 is 55.7 Å². The van der Waals surface area contributed by atoms with Crippen molar-refractivity contribution in [3.63, 3.8) is 0 Å². The Bertz CT molecular complexity index is 858. The van der Waals surface area contributed by atoms with Gasteiger partial charge in [0.1, 0.15) is 10.1 Å². The predicted octanol–water partition coefficient (Wildman–Crippen LogP) is -1.24. The maximum atomic E-state index is 12.8. The summed E-state index contributed by atoms with van der Waals surface area (Å²) in [6, 6.07) is 1.97. The molecule has 108 valence electrons. The first-order valence-electron chi connectivity index (χ1n) is 5.21. The van der Waals surface area contributed by atoms with Crippen LogP contribution in [0.1, 0.15) is 11.1 Å². The van der Waals surface area contributed by atoms with E-state index in [1.165, 1.54) is 6.92 Å². The quantitative estimate of drug-likeness (QED) is 0.524. The largest absolute Gasteiger partial charge is 1.00 e. The van der Waals surface area contributed by atoms with Crippen LogP contribution in [0.2, 0.25) is 0 Å². The van der Waals surface area contributed by atoms with Gasteiger partial charge in [0.05, 0.1) is 10.5 Å². The van der Waals surface area contributed by atoms with E-state index in [0.29, 0.717) is 12.1 Å². The molecule has 0 unspecified atom stereocenters. The van der Waals surface area contributed by atoms with Gasteiger partial charge >= 0.3 is 35.7 Å². The van der Waals surface area contributed by atoms with Crippen molar-refractivity contribution in [2.24, 2.45) is 0 Å². The van der Waals surface area contributed by atoms with Gasteiger partial charge in [0, 0.05) is 17.0 Å². The fourth-order valence-electron chi connectivity index (χ4n) is 1.90. The van der Waals surface area contributed by atoms with Gasteiger partial charge in [-0.15, -0.1) is 0 Å². The zero-order valence-corrected chi connectivity index (χ0v) is 13.7. The van der Waals surface area contributed by atoms with Gasteiger partial charge in [-0.3, -0.25) is 4.79 Å².